The number of hydrogen-bond donors (Lipinski definition) is 6. The summed E-state index contributed by atoms with van der Waals surface area (Å²) in [6, 6.07) is 4.23. The van der Waals surface area contributed by atoms with E-state index in [0.29, 0.717) is 11.0 Å². The van der Waals surface area contributed by atoms with E-state index in [2.05, 4.69) is 21.3 Å². The molecule has 4 heterocycles. The van der Waals surface area contributed by atoms with E-state index in [0.717, 1.165) is 0 Å². The lowest BCUT2D eigenvalue weighted by atomic mass is 10.1. The van der Waals surface area contributed by atoms with Gasteiger partial charge < -0.3 is 50.4 Å². The van der Waals surface area contributed by atoms with Crippen LogP contribution in [-0.4, -0.2) is 138 Å². The molecule has 0 spiro atoms. The lowest BCUT2D eigenvalue weighted by Gasteiger charge is -2.29. The smallest absolute Gasteiger partial charge is 0.245 e. The third-order valence-corrected chi connectivity index (χ3v) is 10.9. The van der Waals surface area contributed by atoms with Gasteiger partial charge in [-0.15, -0.1) is 0 Å². The Hall–Kier alpha value is -5.04. The number of benzene rings is 2. The molecule has 2 aliphatic rings. The molecule has 4 amide bonds. The SMILES string of the molecule is CN[C@H](C)C(=O)N[C@H](C)C(=O)N1CC(O)C[C@H]1Cn1c(-c2nc3cc(F)ccc3n2C[C@@H]2CC(O)CN2C(=O)[C@@H](C)NC(=O)[C@@H](C)NC)nc2cc(F)ccc21. The van der Waals surface area contributed by atoms with Gasteiger partial charge in [-0.1, -0.05) is 0 Å². The molecular weight excluding hydrogens is 730 g/mol. The third-order valence-electron chi connectivity index (χ3n) is 10.9. The largest absolute Gasteiger partial charge is 0.391 e. The molecule has 4 aromatic rings. The molecular formula is C38H50F2N10O6. The number of amides is 4. The van der Waals surface area contributed by atoms with Crippen LogP contribution < -0.4 is 21.3 Å². The molecule has 6 N–H and O–H groups in total. The number of likely N-dealkylation sites (N-methyl/N-ethyl adjacent to an activating group) is 2. The Bertz CT molecular complexity index is 1980. The van der Waals surface area contributed by atoms with Crippen molar-refractivity contribution < 1.29 is 38.2 Å². The summed E-state index contributed by atoms with van der Waals surface area (Å²) in [7, 11) is 3.27. The predicted octanol–water partition coefficient (Wildman–Crippen LogP) is 0.480. The summed E-state index contributed by atoms with van der Waals surface area (Å²) < 4.78 is 32.9. The predicted molar refractivity (Wildman–Crippen MR) is 203 cm³/mol. The topological polar surface area (TPSA) is 199 Å². The van der Waals surface area contributed by atoms with Crippen molar-refractivity contribution in [3.05, 3.63) is 48.0 Å². The average molecular weight is 781 g/mol. The van der Waals surface area contributed by atoms with Gasteiger partial charge in [-0.25, -0.2) is 18.7 Å². The second-order valence-corrected chi connectivity index (χ2v) is 14.9. The maximum Gasteiger partial charge on any atom is 0.245 e. The van der Waals surface area contributed by atoms with Gasteiger partial charge in [-0.3, -0.25) is 19.2 Å². The fourth-order valence-corrected chi connectivity index (χ4v) is 7.57. The summed E-state index contributed by atoms with van der Waals surface area (Å²) in [6.45, 7) is 6.75. The van der Waals surface area contributed by atoms with Gasteiger partial charge >= 0.3 is 0 Å². The van der Waals surface area contributed by atoms with Crippen LogP contribution in [-0.2, 0) is 32.3 Å². The van der Waals surface area contributed by atoms with Crippen molar-refractivity contribution in [2.45, 2.75) is 102 Å². The molecule has 0 aliphatic carbocycles. The molecule has 2 aliphatic heterocycles. The molecule has 56 heavy (non-hydrogen) atoms. The molecule has 302 valence electrons. The minimum atomic E-state index is -0.895. The standard InChI is InChI=1S/C38H50F2N10O6/c1-19(41-5)35(53)43-21(3)37(55)47-17-27(51)13-25(47)15-49-31-9-7-23(39)11-29(31)45-33(49)34-46-30-12-24(40)8-10-32(30)50(34)16-26-14-28(52)18-48(26)38(56)22(4)44-36(54)20(2)42-6/h7-12,19-22,25-28,41-42,51-52H,13-18H2,1-6H3,(H,43,53)(H,44,54)/t19-,20-,21-,22-,25+,26+,27?,28?/m1/s1. The molecule has 18 heteroatoms. The number of nitrogens with zero attached hydrogens (tertiary/aromatic N) is 6. The number of hydrogen-bond acceptors (Lipinski definition) is 10. The Kier molecular flexibility index (Phi) is 12.0. The van der Waals surface area contributed by atoms with Crippen LogP contribution in [0.2, 0.25) is 0 Å². The van der Waals surface area contributed by atoms with Crippen LogP contribution in [0.25, 0.3) is 33.7 Å². The van der Waals surface area contributed by atoms with Crippen molar-refractivity contribution in [3.63, 3.8) is 0 Å². The number of carbonyl (C=O) groups excluding carboxylic acids is 4. The highest BCUT2D eigenvalue weighted by Gasteiger charge is 2.40. The molecule has 0 bridgehead atoms. The number of imidazole rings is 2. The van der Waals surface area contributed by atoms with E-state index in [4.69, 9.17) is 9.97 Å². The fraction of sp³-hybridized carbons (Fsp3) is 0.526. The molecule has 2 aromatic carbocycles. The highest BCUT2D eigenvalue weighted by atomic mass is 19.1. The Morgan fingerprint density at radius 3 is 1.41 bits per heavy atom. The van der Waals surface area contributed by atoms with E-state index < -0.39 is 71.9 Å². The van der Waals surface area contributed by atoms with Crippen molar-refractivity contribution >= 4 is 45.7 Å². The van der Waals surface area contributed by atoms with Gasteiger partial charge in [0.1, 0.15) is 23.7 Å². The first-order chi connectivity index (χ1) is 26.6. The first-order valence-electron chi connectivity index (χ1n) is 18.8. The molecule has 2 fully saturated rings. The fourth-order valence-electron chi connectivity index (χ4n) is 7.57. The van der Waals surface area contributed by atoms with Crippen LogP contribution in [0.5, 0.6) is 0 Å². The van der Waals surface area contributed by atoms with Crippen molar-refractivity contribution in [1.29, 1.82) is 0 Å². The Morgan fingerprint density at radius 1 is 0.679 bits per heavy atom. The number of nitrogens with one attached hydrogen (secondary N) is 4. The zero-order chi connectivity index (χ0) is 40.6. The van der Waals surface area contributed by atoms with Gasteiger partial charge in [0.05, 0.1) is 58.4 Å². The van der Waals surface area contributed by atoms with Crippen LogP contribution in [0.15, 0.2) is 36.4 Å². The van der Waals surface area contributed by atoms with E-state index in [1.54, 1.807) is 63.1 Å². The number of β-amino-alcohol motifs (C(OH)–C–C–N with tert-alkyl or cyclic N) is 2. The van der Waals surface area contributed by atoms with Gasteiger partial charge in [0, 0.05) is 38.3 Å². The summed E-state index contributed by atoms with van der Waals surface area (Å²) in [4.78, 5) is 65.4. The number of rotatable bonds is 13. The van der Waals surface area contributed by atoms with Gasteiger partial charge in [-0.2, -0.15) is 0 Å². The molecule has 16 nitrogen and oxygen atoms in total. The number of aliphatic hydroxyl groups is 2. The molecule has 2 saturated heterocycles. The van der Waals surface area contributed by atoms with E-state index in [1.807, 2.05) is 0 Å². The van der Waals surface area contributed by atoms with Crippen LogP contribution in [0.1, 0.15) is 40.5 Å². The molecule has 0 saturated carbocycles. The highest BCUT2D eigenvalue weighted by Crippen LogP contribution is 2.33. The van der Waals surface area contributed by atoms with Crippen molar-refractivity contribution in [2.75, 3.05) is 27.2 Å². The Morgan fingerprint density at radius 2 is 1.05 bits per heavy atom. The number of likely N-dealkylation sites (tertiary alicyclic amines) is 2. The maximum absolute atomic E-state index is 14.7. The van der Waals surface area contributed by atoms with Crippen molar-refractivity contribution in [1.82, 2.24) is 50.2 Å². The minimum absolute atomic E-state index is 0.0281. The van der Waals surface area contributed by atoms with Crippen LogP contribution in [0.4, 0.5) is 8.78 Å². The maximum atomic E-state index is 14.7. The van der Waals surface area contributed by atoms with Gasteiger partial charge in [0.15, 0.2) is 11.6 Å². The van der Waals surface area contributed by atoms with E-state index >= 15 is 0 Å². The number of fused-ring (bicyclic) bond motifs is 2. The normalized spacial score (nSPS) is 22.0. The van der Waals surface area contributed by atoms with Crippen molar-refractivity contribution in [2.24, 2.45) is 0 Å². The number of carbonyl (C=O) groups is 4. The minimum Gasteiger partial charge on any atom is -0.391 e. The zero-order valence-corrected chi connectivity index (χ0v) is 32.3. The lowest BCUT2D eigenvalue weighted by Crippen LogP contribution is -2.52. The van der Waals surface area contributed by atoms with Gasteiger partial charge in [0.2, 0.25) is 23.6 Å². The average Bonchev–Trinajstić information content (AvgIpc) is 3.92. The summed E-state index contributed by atoms with van der Waals surface area (Å²) in [5.41, 5.74) is 1.60. The molecule has 2 unspecified atom stereocenters. The second-order valence-electron chi connectivity index (χ2n) is 14.9. The molecule has 8 atom stereocenters. The summed E-state index contributed by atoms with van der Waals surface area (Å²) in [5.74, 6) is -2.03. The number of aromatic nitrogens is 4. The first-order valence-corrected chi connectivity index (χ1v) is 18.8. The lowest BCUT2D eigenvalue weighted by molar-refractivity contribution is -0.137. The molecule has 2 aromatic heterocycles. The summed E-state index contributed by atoms with van der Waals surface area (Å²) >= 11 is 0. The first kappa shape index (κ1) is 40.6. The molecule has 6 rings (SSSR count). The number of aliphatic hydroxyl groups excluding tert-OH is 2. The van der Waals surface area contributed by atoms with E-state index in [-0.39, 0.29) is 73.5 Å². The second kappa shape index (κ2) is 16.6. The number of halogens is 2. The van der Waals surface area contributed by atoms with Crippen molar-refractivity contribution in [3.8, 4) is 11.6 Å². The summed E-state index contributed by atoms with van der Waals surface area (Å²) in [5, 5.41) is 32.8. The highest BCUT2D eigenvalue weighted by molar-refractivity contribution is 5.91. The van der Waals surface area contributed by atoms with Crippen LogP contribution >= 0.6 is 0 Å². The third kappa shape index (κ3) is 8.23. The zero-order valence-electron chi connectivity index (χ0n) is 32.3. The Labute approximate surface area is 322 Å². The monoisotopic (exact) mass is 780 g/mol. The quantitative estimate of drug-likeness (QED) is 0.111. The van der Waals surface area contributed by atoms with Gasteiger partial charge in [-0.05, 0) is 78.9 Å². The molecule has 0 radical (unpaired) electrons. The van der Waals surface area contributed by atoms with Crippen LogP contribution in [0.3, 0.4) is 0 Å². The summed E-state index contributed by atoms with van der Waals surface area (Å²) in [6.07, 6.45) is -1.28. The van der Waals surface area contributed by atoms with Gasteiger partial charge in [0.25, 0.3) is 0 Å². The Balaban J connectivity index is 1.39. The van der Waals surface area contributed by atoms with Crippen LogP contribution in [0, 0.1) is 11.6 Å². The van der Waals surface area contributed by atoms with E-state index in [9.17, 15) is 38.2 Å². The van der Waals surface area contributed by atoms with E-state index in [1.165, 1.54) is 34.1 Å².